The minimum Gasteiger partial charge on any atom is -0.285 e. The first-order chi connectivity index (χ1) is 8.16. The van der Waals surface area contributed by atoms with Gasteiger partial charge >= 0.3 is 0 Å². The second-order valence-corrected chi connectivity index (χ2v) is 4.67. The molecule has 2 aliphatic rings. The topological polar surface area (TPSA) is 75.8 Å². The van der Waals surface area contributed by atoms with Crippen LogP contribution in [-0.2, 0) is 0 Å². The maximum Gasteiger partial charge on any atom is 0.270 e. The number of nitrogens with zero attached hydrogens (tertiary/aromatic N) is 3. The number of hydrogen-bond acceptors (Lipinski definition) is 5. The molecule has 86 valence electrons. The Morgan fingerprint density at radius 1 is 1.47 bits per heavy atom. The number of amidine groups is 1. The summed E-state index contributed by atoms with van der Waals surface area (Å²) in [5, 5.41) is 11.4. The van der Waals surface area contributed by atoms with Crippen LogP contribution in [0, 0.1) is 10.1 Å². The number of fused-ring (bicyclic) bond motifs is 2. The van der Waals surface area contributed by atoms with E-state index in [0.717, 1.165) is 4.90 Å². The maximum atomic E-state index is 12.1. The Balaban J connectivity index is 2.11. The van der Waals surface area contributed by atoms with Crippen molar-refractivity contribution in [3.8, 4) is 0 Å². The third-order valence-electron chi connectivity index (χ3n) is 2.65. The summed E-state index contributed by atoms with van der Waals surface area (Å²) >= 11 is 1.38. The summed E-state index contributed by atoms with van der Waals surface area (Å²) in [5.41, 5.74) is 0.335. The molecule has 17 heavy (non-hydrogen) atoms. The van der Waals surface area contributed by atoms with E-state index in [2.05, 4.69) is 4.99 Å². The molecule has 2 aliphatic heterocycles. The number of nitro groups is 1. The van der Waals surface area contributed by atoms with Gasteiger partial charge in [-0.3, -0.25) is 24.8 Å². The van der Waals surface area contributed by atoms with Crippen molar-refractivity contribution >= 4 is 28.5 Å². The highest BCUT2D eigenvalue weighted by molar-refractivity contribution is 8.14. The fourth-order valence-corrected chi connectivity index (χ4v) is 2.86. The lowest BCUT2D eigenvalue weighted by molar-refractivity contribution is -0.384. The van der Waals surface area contributed by atoms with E-state index >= 15 is 0 Å². The van der Waals surface area contributed by atoms with Gasteiger partial charge in [0.15, 0.2) is 5.17 Å². The predicted molar refractivity (Wildman–Crippen MR) is 62.3 cm³/mol. The van der Waals surface area contributed by atoms with E-state index in [1.165, 1.54) is 23.9 Å². The lowest BCUT2D eigenvalue weighted by atomic mass is 10.1. The molecule has 1 aromatic carbocycles. The molecule has 0 saturated heterocycles. The lowest BCUT2D eigenvalue weighted by Gasteiger charge is -2.24. The van der Waals surface area contributed by atoms with Gasteiger partial charge in [-0.25, -0.2) is 0 Å². The molecule has 0 unspecified atom stereocenters. The van der Waals surface area contributed by atoms with Gasteiger partial charge in [-0.15, -0.1) is 0 Å². The average molecular weight is 249 g/mol. The van der Waals surface area contributed by atoms with Gasteiger partial charge in [0.1, 0.15) is 0 Å². The molecule has 0 aromatic heterocycles. The minimum atomic E-state index is -0.494. The van der Waals surface area contributed by atoms with Gasteiger partial charge in [0.25, 0.3) is 11.6 Å². The zero-order chi connectivity index (χ0) is 12.0. The van der Waals surface area contributed by atoms with Crippen molar-refractivity contribution in [2.45, 2.75) is 4.90 Å². The van der Waals surface area contributed by atoms with Crippen LogP contribution >= 0.6 is 11.8 Å². The molecule has 0 radical (unpaired) electrons. The van der Waals surface area contributed by atoms with Crippen molar-refractivity contribution in [3.05, 3.63) is 33.9 Å². The van der Waals surface area contributed by atoms with Crippen molar-refractivity contribution in [1.29, 1.82) is 0 Å². The Labute approximate surface area is 100 Å². The summed E-state index contributed by atoms with van der Waals surface area (Å²) in [4.78, 5) is 28.8. The summed E-state index contributed by atoms with van der Waals surface area (Å²) in [6, 6.07) is 4.35. The lowest BCUT2D eigenvalue weighted by Crippen LogP contribution is -2.36. The van der Waals surface area contributed by atoms with Crippen LogP contribution in [0.1, 0.15) is 10.4 Å². The van der Waals surface area contributed by atoms with Crippen LogP contribution < -0.4 is 0 Å². The molecule has 7 heteroatoms. The average Bonchev–Trinajstić information content (AvgIpc) is 2.77. The molecule has 2 heterocycles. The Morgan fingerprint density at radius 3 is 3.06 bits per heavy atom. The SMILES string of the molecule is O=C1c2cc([N+](=O)[O-])ccc2SC2=NCCN12. The third kappa shape index (κ3) is 1.50. The molecule has 0 spiro atoms. The van der Waals surface area contributed by atoms with E-state index in [-0.39, 0.29) is 11.6 Å². The van der Waals surface area contributed by atoms with Gasteiger partial charge < -0.3 is 0 Å². The fourth-order valence-electron chi connectivity index (χ4n) is 1.83. The molecule has 0 N–H and O–H groups in total. The van der Waals surface area contributed by atoms with E-state index in [1.54, 1.807) is 11.0 Å². The Morgan fingerprint density at radius 2 is 2.29 bits per heavy atom. The number of carbonyl (C=O) groups excluding carboxylic acids is 1. The summed E-state index contributed by atoms with van der Waals surface area (Å²) in [5.74, 6) is -0.196. The number of aliphatic imine (C=N–C) groups is 1. The monoisotopic (exact) mass is 249 g/mol. The third-order valence-corrected chi connectivity index (χ3v) is 3.76. The zero-order valence-corrected chi connectivity index (χ0v) is 9.44. The Kier molecular flexibility index (Phi) is 2.15. The molecule has 1 aromatic rings. The standard InChI is InChI=1S/C10H7N3O3S/c14-9-7-5-6(13(15)16)1-2-8(7)17-10-11-3-4-12(9)10/h1-2,5H,3-4H2. The van der Waals surface area contributed by atoms with Gasteiger partial charge in [-0.05, 0) is 6.07 Å². The number of thioether (sulfide) groups is 1. The normalized spacial score (nSPS) is 17.5. The summed E-state index contributed by atoms with van der Waals surface area (Å²) in [7, 11) is 0. The van der Waals surface area contributed by atoms with Crippen molar-refractivity contribution in [3.63, 3.8) is 0 Å². The van der Waals surface area contributed by atoms with Gasteiger partial charge in [-0.1, -0.05) is 11.8 Å². The highest BCUT2D eigenvalue weighted by atomic mass is 32.2. The first kappa shape index (κ1) is 10.3. The molecule has 0 aliphatic carbocycles. The fraction of sp³-hybridized carbons (Fsp3) is 0.200. The Hall–Kier alpha value is -1.89. The van der Waals surface area contributed by atoms with E-state index in [0.29, 0.717) is 23.8 Å². The van der Waals surface area contributed by atoms with Crippen LogP contribution in [-0.4, -0.2) is 34.0 Å². The van der Waals surface area contributed by atoms with Gasteiger partial charge in [-0.2, -0.15) is 0 Å². The highest BCUT2D eigenvalue weighted by Gasteiger charge is 2.33. The largest absolute Gasteiger partial charge is 0.285 e. The molecule has 0 fully saturated rings. The minimum absolute atomic E-state index is 0.0581. The summed E-state index contributed by atoms with van der Waals surface area (Å²) in [6.07, 6.45) is 0. The summed E-state index contributed by atoms with van der Waals surface area (Å²) < 4.78 is 0. The van der Waals surface area contributed by atoms with Gasteiger partial charge in [0.2, 0.25) is 0 Å². The van der Waals surface area contributed by atoms with Gasteiger partial charge in [0, 0.05) is 23.6 Å². The van der Waals surface area contributed by atoms with Crippen LogP contribution in [0.15, 0.2) is 28.1 Å². The van der Waals surface area contributed by atoms with Crippen LogP contribution in [0.25, 0.3) is 0 Å². The molecule has 0 saturated carbocycles. The molecule has 6 nitrogen and oxygen atoms in total. The van der Waals surface area contributed by atoms with Crippen molar-refractivity contribution in [2.75, 3.05) is 13.1 Å². The number of amides is 1. The first-order valence-corrected chi connectivity index (χ1v) is 5.81. The molecular formula is C10H7N3O3S. The highest BCUT2D eigenvalue weighted by Crippen LogP contribution is 2.35. The number of carbonyl (C=O) groups is 1. The zero-order valence-electron chi connectivity index (χ0n) is 8.62. The maximum absolute atomic E-state index is 12.1. The quantitative estimate of drug-likeness (QED) is 0.558. The molecule has 0 atom stereocenters. The van der Waals surface area contributed by atoms with Crippen molar-refractivity contribution in [1.82, 2.24) is 4.90 Å². The van der Waals surface area contributed by atoms with Gasteiger partial charge in [0.05, 0.1) is 17.0 Å². The molecule has 1 amide bonds. The Bertz CT molecular complexity index is 570. The van der Waals surface area contributed by atoms with E-state index in [1.807, 2.05) is 0 Å². The number of nitro benzene ring substituents is 1. The number of non-ortho nitro benzene ring substituents is 1. The smallest absolute Gasteiger partial charge is 0.270 e. The molecule has 3 rings (SSSR count). The summed E-state index contributed by atoms with van der Waals surface area (Å²) in [6.45, 7) is 1.16. The van der Waals surface area contributed by atoms with Crippen molar-refractivity contribution < 1.29 is 9.72 Å². The van der Waals surface area contributed by atoms with E-state index in [9.17, 15) is 14.9 Å². The number of hydrogen-bond donors (Lipinski definition) is 0. The van der Waals surface area contributed by atoms with E-state index < -0.39 is 4.92 Å². The van der Waals surface area contributed by atoms with Crippen LogP contribution in [0.3, 0.4) is 0 Å². The van der Waals surface area contributed by atoms with Crippen LogP contribution in [0.5, 0.6) is 0 Å². The van der Waals surface area contributed by atoms with E-state index in [4.69, 9.17) is 0 Å². The predicted octanol–water partition coefficient (Wildman–Crippen LogP) is 1.51. The first-order valence-electron chi connectivity index (χ1n) is 4.99. The number of rotatable bonds is 1. The molecular weight excluding hydrogens is 242 g/mol. The number of benzene rings is 1. The van der Waals surface area contributed by atoms with Crippen molar-refractivity contribution in [2.24, 2.45) is 4.99 Å². The van der Waals surface area contributed by atoms with Crippen LogP contribution in [0.2, 0.25) is 0 Å². The molecule has 0 bridgehead atoms. The second kappa shape index (κ2) is 3.56. The second-order valence-electron chi connectivity index (χ2n) is 3.66. The van der Waals surface area contributed by atoms with Crippen LogP contribution in [0.4, 0.5) is 5.69 Å².